The van der Waals surface area contributed by atoms with E-state index in [1.54, 1.807) is 17.9 Å². The largest absolute Gasteiger partial charge is 0.483 e. The quantitative estimate of drug-likeness (QED) is 0.577. The smallest absolute Gasteiger partial charge is 0.340 e. The second-order valence-electron chi connectivity index (χ2n) is 8.50. The Kier molecular flexibility index (Phi) is 6.49. The molecule has 1 fully saturated rings. The van der Waals surface area contributed by atoms with E-state index >= 15 is 0 Å². The molecule has 2 heterocycles. The van der Waals surface area contributed by atoms with E-state index in [1.807, 2.05) is 43.3 Å². The van der Waals surface area contributed by atoms with Crippen LogP contribution in [0.15, 0.2) is 51.7 Å². The maximum atomic E-state index is 12.8. The minimum Gasteiger partial charge on any atom is -0.483 e. The zero-order chi connectivity index (χ0) is 23.5. The molecule has 172 valence electrons. The van der Waals surface area contributed by atoms with E-state index in [0.29, 0.717) is 54.8 Å². The van der Waals surface area contributed by atoms with E-state index < -0.39 is 11.9 Å². The Morgan fingerprint density at radius 2 is 1.76 bits per heavy atom. The van der Waals surface area contributed by atoms with E-state index in [9.17, 15) is 14.4 Å². The molecule has 0 unspecified atom stereocenters. The molecule has 1 N–H and O–H groups in total. The van der Waals surface area contributed by atoms with Crippen molar-refractivity contribution in [3.8, 4) is 5.75 Å². The Bertz CT molecular complexity index is 1240. The van der Waals surface area contributed by atoms with Crippen molar-refractivity contribution < 1.29 is 23.8 Å². The molecular weight excluding hydrogens is 422 g/mol. The normalized spacial score (nSPS) is 14.4. The molecule has 1 aliphatic heterocycles. The highest BCUT2D eigenvalue weighted by Crippen LogP contribution is 2.30. The SMILES string of the molecule is Cc1c(Cc2ccccc2)c(=O)oc2c(C)c(OCC(=O)N3CCC(C(=O)O)CC3)ccc12. The lowest BCUT2D eigenvalue weighted by Crippen LogP contribution is -2.42. The van der Waals surface area contributed by atoms with Crippen molar-refractivity contribution in [2.45, 2.75) is 33.1 Å². The zero-order valence-electron chi connectivity index (χ0n) is 18.8. The summed E-state index contributed by atoms with van der Waals surface area (Å²) in [4.78, 5) is 38.0. The fraction of sp³-hybridized carbons (Fsp3) is 0.346. The summed E-state index contributed by atoms with van der Waals surface area (Å²) in [6.07, 6.45) is 1.40. The van der Waals surface area contributed by atoms with Gasteiger partial charge < -0.3 is 19.2 Å². The summed E-state index contributed by atoms with van der Waals surface area (Å²) in [5.41, 5.74) is 3.29. The van der Waals surface area contributed by atoms with Crippen LogP contribution in [0.25, 0.3) is 11.0 Å². The molecule has 0 aliphatic carbocycles. The van der Waals surface area contributed by atoms with Crippen molar-refractivity contribution in [3.05, 3.63) is 75.1 Å². The first-order valence-corrected chi connectivity index (χ1v) is 11.1. The van der Waals surface area contributed by atoms with Gasteiger partial charge in [-0.3, -0.25) is 9.59 Å². The Morgan fingerprint density at radius 1 is 1.06 bits per heavy atom. The number of carboxylic acid groups (broad SMARTS) is 1. The maximum Gasteiger partial charge on any atom is 0.340 e. The molecule has 7 nitrogen and oxygen atoms in total. The van der Waals surface area contributed by atoms with Crippen molar-refractivity contribution >= 4 is 22.8 Å². The molecule has 1 amide bonds. The molecule has 1 saturated heterocycles. The van der Waals surface area contributed by atoms with Crippen molar-refractivity contribution in [1.29, 1.82) is 0 Å². The molecule has 4 rings (SSSR count). The lowest BCUT2D eigenvalue weighted by molar-refractivity contribution is -0.146. The molecule has 1 aromatic heterocycles. The van der Waals surface area contributed by atoms with Gasteiger partial charge >= 0.3 is 11.6 Å². The van der Waals surface area contributed by atoms with Crippen molar-refractivity contribution in [3.63, 3.8) is 0 Å². The number of likely N-dealkylation sites (tertiary alicyclic amines) is 1. The van der Waals surface area contributed by atoms with E-state index in [-0.39, 0.29) is 18.1 Å². The van der Waals surface area contributed by atoms with Crippen LogP contribution < -0.4 is 10.4 Å². The van der Waals surface area contributed by atoms with Crippen LogP contribution in [0, 0.1) is 19.8 Å². The summed E-state index contributed by atoms with van der Waals surface area (Å²) in [7, 11) is 0. The first-order valence-electron chi connectivity index (χ1n) is 11.1. The van der Waals surface area contributed by atoms with Gasteiger partial charge in [0.25, 0.3) is 5.91 Å². The van der Waals surface area contributed by atoms with Crippen molar-refractivity contribution in [1.82, 2.24) is 4.90 Å². The maximum absolute atomic E-state index is 12.8. The molecule has 0 atom stereocenters. The highest BCUT2D eigenvalue weighted by atomic mass is 16.5. The molecule has 3 aromatic rings. The number of aliphatic carboxylic acids is 1. The Morgan fingerprint density at radius 3 is 2.42 bits per heavy atom. The number of hydrogen-bond acceptors (Lipinski definition) is 5. The van der Waals surface area contributed by atoms with Crippen molar-refractivity contribution in [2.75, 3.05) is 19.7 Å². The Labute approximate surface area is 191 Å². The van der Waals surface area contributed by atoms with Gasteiger partial charge in [-0.1, -0.05) is 30.3 Å². The van der Waals surface area contributed by atoms with Crippen LogP contribution in [0.5, 0.6) is 5.75 Å². The van der Waals surface area contributed by atoms with Gasteiger partial charge in [-0.05, 0) is 49.9 Å². The molecule has 7 heteroatoms. The number of hydrogen-bond donors (Lipinski definition) is 1. The van der Waals surface area contributed by atoms with Gasteiger partial charge in [-0.15, -0.1) is 0 Å². The summed E-state index contributed by atoms with van der Waals surface area (Å²) < 4.78 is 11.5. The van der Waals surface area contributed by atoms with Gasteiger partial charge in [0.1, 0.15) is 11.3 Å². The average Bonchev–Trinajstić information content (AvgIpc) is 2.82. The minimum absolute atomic E-state index is 0.153. The molecule has 2 aromatic carbocycles. The lowest BCUT2D eigenvalue weighted by Gasteiger charge is -2.30. The fourth-order valence-electron chi connectivity index (χ4n) is 4.34. The standard InChI is InChI=1S/C26H27NO6/c1-16-20-8-9-22(32-15-23(28)27-12-10-19(11-13-27)25(29)30)17(2)24(20)33-26(31)21(16)14-18-6-4-3-5-7-18/h3-9,19H,10-15H2,1-2H3,(H,29,30). The number of aryl methyl sites for hydroxylation is 2. The number of benzene rings is 2. The summed E-state index contributed by atoms with van der Waals surface area (Å²) in [5.74, 6) is -0.909. The summed E-state index contributed by atoms with van der Waals surface area (Å²) in [5, 5.41) is 9.94. The number of fused-ring (bicyclic) bond motifs is 1. The number of nitrogens with zero attached hydrogens (tertiary/aromatic N) is 1. The Hall–Kier alpha value is -3.61. The fourth-order valence-corrected chi connectivity index (χ4v) is 4.34. The van der Waals surface area contributed by atoms with E-state index in [4.69, 9.17) is 14.3 Å². The summed E-state index contributed by atoms with van der Waals surface area (Å²) in [6.45, 7) is 4.39. The lowest BCUT2D eigenvalue weighted by atomic mass is 9.97. The number of amides is 1. The molecule has 0 radical (unpaired) electrons. The third-order valence-corrected chi connectivity index (χ3v) is 6.43. The number of ether oxygens (including phenoxy) is 1. The van der Waals surface area contributed by atoms with Crippen LogP contribution in [0.1, 0.15) is 35.1 Å². The van der Waals surface area contributed by atoms with E-state index in [0.717, 1.165) is 16.5 Å². The average molecular weight is 450 g/mol. The number of rotatable bonds is 6. The molecular formula is C26H27NO6. The van der Waals surface area contributed by atoms with Gasteiger partial charge in [0.2, 0.25) is 0 Å². The second-order valence-corrected chi connectivity index (χ2v) is 8.50. The van der Waals surface area contributed by atoms with Crippen LogP contribution in [0.4, 0.5) is 0 Å². The predicted molar refractivity (Wildman–Crippen MR) is 124 cm³/mol. The molecule has 33 heavy (non-hydrogen) atoms. The third kappa shape index (κ3) is 4.77. The number of carboxylic acids is 1. The number of piperidine rings is 1. The highest BCUT2D eigenvalue weighted by molar-refractivity contribution is 5.86. The van der Waals surface area contributed by atoms with Crippen molar-refractivity contribution in [2.24, 2.45) is 5.92 Å². The molecule has 0 spiro atoms. The number of carbonyl (C=O) groups excluding carboxylic acids is 1. The predicted octanol–water partition coefficient (Wildman–Crippen LogP) is 3.70. The molecule has 0 bridgehead atoms. The van der Waals surface area contributed by atoms with Crippen LogP contribution in [0.3, 0.4) is 0 Å². The van der Waals surface area contributed by atoms with Gasteiger partial charge in [0.05, 0.1) is 5.92 Å². The third-order valence-electron chi connectivity index (χ3n) is 6.43. The molecule has 0 saturated carbocycles. The van der Waals surface area contributed by atoms with Crippen LogP contribution in [0.2, 0.25) is 0 Å². The minimum atomic E-state index is -0.811. The topological polar surface area (TPSA) is 97.0 Å². The van der Waals surface area contributed by atoms with E-state index in [1.165, 1.54) is 0 Å². The van der Waals surface area contributed by atoms with Crippen LogP contribution in [-0.2, 0) is 16.0 Å². The first-order chi connectivity index (χ1) is 15.8. The summed E-state index contributed by atoms with van der Waals surface area (Å²) in [6, 6.07) is 13.4. The van der Waals surface area contributed by atoms with Gasteiger partial charge in [-0.2, -0.15) is 0 Å². The highest BCUT2D eigenvalue weighted by Gasteiger charge is 2.27. The molecule has 1 aliphatic rings. The van der Waals surface area contributed by atoms with Crippen LogP contribution >= 0.6 is 0 Å². The van der Waals surface area contributed by atoms with Gasteiger partial charge in [-0.25, -0.2) is 4.79 Å². The number of carbonyl (C=O) groups is 2. The van der Waals surface area contributed by atoms with Gasteiger partial charge in [0, 0.05) is 36.0 Å². The summed E-state index contributed by atoms with van der Waals surface area (Å²) >= 11 is 0. The van der Waals surface area contributed by atoms with Gasteiger partial charge in [0.15, 0.2) is 6.61 Å². The first kappa shape index (κ1) is 22.6. The Balaban J connectivity index is 1.50. The zero-order valence-corrected chi connectivity index (χ0v) is 18.8. The second kappa shape index (κ2) is 9.48. The van der Waals surface area contributed by atoms with Crippen LogP contribution in [-0.4, -0.2) is 41.6 Å². The monoisotopic (exact) mass is 449 g/mol. The van der Waals surface area contributed by atoms with E-state index in [2.05, 4.69) is 0 Å².